The van der Waals surface area contributed by atoms with Gasteiger partial charge in [0.2, 0.25) is 0 Å². The average Bonchev–Trinajstić information content (AvgIpc) is 3.31. The number of likely N-dealkylation sites (tertiary alicyclic amines) is 1. The number of rotatable bonds is 3. The Hall–Kier alpha value is -2.89. The summed E-state index contributed by atoms with van der Waals surface area (Å²) in [6, 6.07) is 14.0. The Balaban J connectivity index is 1.51. The van der Waals surface area contributed by atoms with E-state index in [4.69, 9.17) is 0 Å². The number of benzene rings is 1. The van der Waals surface area contributed by atoms with Crippen LogP contribution in [-0.4, -0.2) is 43.9 Å². The minimum atomic E-state index is 0.0486. The Labute approximate surface area is 146 Å². The minimum Gasteiger partial charge on any atom is -0.337 e. The van der Waals surface area contributed by atoms with Crippen LogP contribution in [0.3, 0.4) is 0 Å². The molecule has 0 radical (unpaired) electrons. The zero-order valence-electron chi connectivity index (χ0n) is 14.2. The third-order valence-corrected chi connectivity index (χ3v) is 4.86. The molecule has 0 aliphatic carbocycles. The highest BCUT2D eigenvalue weighted by molar-refractivity contribution is 5.92. The van der Waals surface area contributed by atoms with E-state index in [9.17, 15) is 4.79 Å². The first kappa shape index (κ1) is 15.6. The fraction of sp³-hybridized carbons (Fsp3) is 0.316. The zero-order chi connectivity index (χ0) is 17.2. The molecule has 1 saturated heterocycles. The molecule has 3 aromatic rings. The summed E-state index contributed by atoms with van der Waals surface area (Å²) in [4.78, 5) is 14.6. The third kappa shape index (κ3) is 3.07. The van der Waals surface area contributed by atoms with Crippen LogP contribution in [0.5, 0.6) is 0 Å². The summed E-state index contributed by atoms with van der Waals surface area (Å²) in [6.07, 6.45) is 3.72. The van der Waals surface area contributed by atoms with E-state index in [-0.39, 0.29) is 11.8 Å². The fourth-order valence-corrected chi connectivity index (χ4v) is 3.46. The molecule has 0 unspecified atom stereocenters. The maximum Gasteiger partial charge on any atom is 0.272 e. The lowest BCUT2D eigenvalue weighted by molar-refractivity contribution is 0.0694. The molecule has 1 aliphatic rings. The molecule has 25 heavy (non-hydrogen) atoms. The Kier molecular flexibility index (Phi) is 4.09. The van der Waals surface area contributed by atoms with Crippen molar-refractivity contribution in [3.8, 4) is 11.3 Å². The maximum absolute atomic E-state index is 12.7. The number of nitrogens with zero attached hydrogens (tertiary/aromatic N) is 4. The summed E-state index contributed by atoms with van der Waals surface area (Å²) in [5, 5.41) is 11.7. The number of H-pyrrole nitrogens is 1. The summed E-state index contributed by atoms with van der Waals surface area (Å²) in [5.41, 5.74) is 3.78. The second kappa shape index (κ2) is 6.55. The van der Waals surface area contributed by atoms with Crippen LogP contribution in [0.4, 0.5) is 0 Å². The van der Waals surface area contributed by atoms with Crippen molar-refractivity contribution in [3.05, 3.63) is 60.0 Å². The number of hydrogen-bond donors (Lipinski definition) is 1. The normalized spacial score (nSPS) is 17.6. The van der Waals surface area contributed by atoms with Crippen molar-refractivity contribution in [3.63, 3.8) is 0 Å². The lowest BCUT2D eigenvalue weighted by Gasteiger charge is -2.32. The van der Waals surface area contributed by atoms with E-state index in [1.807, 2.05) is 23.1 Å². The van der Waals surface area contributed by atoms with E-state index in [1.54, 1.807) is 24.0 Å². The first-order valence-electron chi connectivity index (χ1n) is 8.60. The zero-order valence-corrected chi connectivity index (χ0v) is 14.2. The van der Waals surface area contributed by atoms with Crippen LogP contribution in [0, 0.1) is 0 Å². The second-order valence-electron chi connectivity index (χ2n) is 6.50. The number of carbonyl (C=O) groups is 1. The number of piperidine rings is 1. The average molecular weight is 335 g/mol. The summed E-state index contributed by atoms with van der Waals surface area (Å²) in [5.74, 6) is 0.336. The van der Waals surface area contributed by atoms with Gasteiger partial charge >= 0.3 is 0 Å². The number of carbonyl (C=O) groups excluding carboxylic acids is 1. The largest absolute Gasteiger partial charge is 0.337 e. The van der Waals surface area contributed by atoms with Crippen molar-refractivity contribution >= 4 is 5.91 Å². The quantitative estimate of drug-likeness (QED) is 0.800. The molecule has 0 spiro atoms. The molecule has 0 bridgehead atoms. The Morgan fingerprint density at radius 2 is 2.08 bits per heavy atom. The summed E-state index contributed by atoms with van der Waals surface area (Å²) in [7, 11) is 1.80. The van der Waals surface area contributed by atoms with Crippen molar-refractivity contribution in [1.29, 1.82) is 0 Å². The van der Waals surface area contributed by atoms with E-state index in [0.717, 1.165) is 36.3 Å². The van der Waals surface area contributed by atoms with Crippen molar-refractivity contribution < 1.29 is 4.79 Å². The van der Waals surface area contributed by atoms with Crippen molar-refractivity contribution in [2.45, 2.75) is 18.8 Å². The van der Waals surface area contributed by atoms with Crippen LogP contribution in [0.25, 0.3) is 11.3 Å². The SMILES string of the molecule is Cn1nccc1C(=O)N1CCC[C@H](c2cc(-c3ccccc3)n[nH]2)C1. The number of nitrogens with one attached hydrogen (secondary N) is 1. The molecule has 1 atom stereocenters. The van der Waals surface area contributed by atoms with Crippen LogP contribution < -0.4 is 0 Å². The van der Waals surface area contributed by atoms with E-state index >= 15 is 0 Å². The summed E-state index contributed by atoms with van der Waals surface area (Å²) >= 11 is 0. The van der Waals surface area contributed by atoms with Crippen molar-refractivity contribution in [2.24, 2.45) is 7.05 Å². The van der Waals surface area contributed by atoms with Gasteiger partial charge in [-0.2, -0.15) is 10.2 Å². The molecular weight excluding hydrogens is 314 g/mol. The van der Waals surface area contributed by atoms with Crippen molar-refractivity contribution in [2.75, 3.05) is 13.1 Å². The molecule has 2 aromatic heterocycles. The molecule has 1 amide bonds. The predicted octanol–water partition coefficient (Wildman–Crippen LogP) is 2.83. The van der Waals surface area contributed by atoms with E-state index in [2.05, 4.69) is 33.5 Å². The van der Waals surface area contributed by atoms with Gasteiger partial charge in [0.15, 0.2) is 0 Å². The van der Waals surface area contributed by atoms with Gasteiger partial charge < -0.3 is 4.90 Å². The van der Waals surface area contributed by atoms with Crippen LogP contribution in [0.15, 0.2) is 48.7 Å². The van der Waals surface area contributed by atoms with Gasteiger partial charge in [-0.1, -0.05) is 30.3 Å². The van der Waals surface area contributed by atoms with Crippen LogP contribution in [0.1, 0.15) is 34.9 Å². The number of hydrogen-bond acceptors (Lipinski definition) is 3. The van der Waals surface area contributed by atoms with Gasteiger partial charge in [-0.3, -0.25) is 14.6 Å². The Morgan fingerprint density at radius 1 is 1.24 bits per heavy atom. The number of aryl methyl sites for hydroxylation is 1. The lowest BCUT2D eigenvalue weighted by Crippen LogP contribution is -2.40. The molecule has 1 aliphatic heterocycles. The number of amides is 1. The molecule has 6 nitrogen and oxygen atoms in total. The number of aromatic amines is 1. The number of aromatic nitrogens is 4. The van der Waals surface area contributed by atoms with Gasteiger partial charge in [-0.15, -0.1) is 0 Å². The van der Waals surface area contributed by atoms with E-state index in [1.165, 1.54) is 0 Å². The third-order valence-electron chi connectivity index (χ3n) is 4.86. The smallest absolute Gasteiger partial charge is 0.272 e. The highest BCUT2D eigenvalue weighted by Gasteiger charge is 2.27. The van der Waals surface area contributed by atoms with E-state index in [0.29, 0.717) is 12.2 Å². The van der Waals surface area contributed by atoms with Gasteiger partial charge in [-0.05, 0) is 25.0 Å². The summed E-state index contributed by atoms with van der Waals surface area (Å²) in [6.45, 7) is 1.50. The van der Waals surface area contributed by atoms with Crippen LogP contribution in [0.2, 0.25) is 0 Å². The highest BCUT2D eigenvalue weighted by Crippen LogP contribution is 2.29. The molecule has 4 rings (SSSR count). The second-order valence-corrected chi connectivity index (χ2v) is 6.50. The highest BCUT2D eigenvalue weighted by atomic mass is 16.2. The van der Waals surface area contributed by atoms with Gasteiger partial charge in [0.05, 0.1) is 5.69 Å². The standard InChI is InChI=1S/C19H21N5O/c1-23-18(9-10-20-23)19(25)24-11-5-8-15(13-24)17-12-16(21-22-17)14-6-3-2-4-7-14/h2-4,6-7,9-10,12,15H,5,8,11,13H2,1H3,(H,21,22)/t15-/m0/s1. The van der Waals surface area contributed by atoms with Gasteiger partial charge in [0, 0.05) is 43.5 Å². The molecule has 1 aromatic carbocycles. The van der Waals surface area contributed by atoms with Gasteiger partial charge in [0.1, 0.15) is 5.69 Å². The van der Waals surface area contributed by atoms with Crippen molar-refractivity contribution in [1.82, 2.24) is 24.9 Å². The lowest BCUT2D eigenvalue weighted by atomic mass is 9.94. The van der Waals surface area contributed by atoms with Gasteiger partial charge in [0.25, 0.3) is 5.91 Å². The Morgan fingerprint density at radius 3 is 2.84 bits per heavy atom. The molecule has 128 valence electrons. The van der Waals surface area contributed by atoms with Crippen LogP contribution >= 0.6 is 0 Å². The first-order valence-corrected chi connectivity index (χ1v) is 8.60. The first-order chi connectivity index (χ1) is 12.2. The summed E-state index contributed by atoms with van der Waals surface area (Å²) < 4.78 is 1.63. The molecule has 0 saturated carbocycles. The van der Waals surface area contributed by atoms with E-state index < -0.39 is 0 Å². The predicted molar refractivity (Wildman–Crippen MR) is 95.1 cm³/mol. The monoisotopic (exact) mass is 335 g/mol. The molecule has 1 N–H and O–H groups in total. The van der Waals surface area contributed by atoms with Gasteiger partial charge in [-0.25, -0.2) is 0 Å². The molecule has 6 heteroatoms. The Bertz CT molecular complexity index is 867. The maximum atomic E-state index is 12.7. The topological polar surface area (TPSA) is 66.8 Å². The minimum absolute atomic E-state index is 0.0486. The molecule has 1 fully saturated rings. The molecule has 3 heterocycles. The molecular formula is C19H21N5O. The van der Waals surface area contributed by atoms with Crippen LogP contribution in [-0.2, 0) is 7.05 Å². The fourth-order valence-electron chi connectivity index (χ4n) is 3.46.